The summed E-state index contributed by atoms with van der Waals surface area (Å²) in [7, 11) is 0. The van der Waals surface area contributed by atoms with Gasteiger partial charge in [-0.15, -0.1) is 0 Å². The van der Waals surface area contributed by atoms with E-state index in [0.717, 1.165) is 43.7 Å². The molecule has 4 aliphatic rings. The second-order valence-electron chi connectivity index (χ2n) is 10.1. The quantitative estimate of drug-likeness (QED) is 0.519. The first kappa shape index (κ1) is 23.5. The lowest BCUT2D eigenvalue weighted by Gasteiger charge is -2.32. The van der Waals surface area contributed by atoms with Crippen LogP contribution in [0.2, 0.25) is 0 Å². The lowest BCUT2D eigenvalue weighted by Crippen LogP contribution is -2.54. The van der Waals surface area contributed by atoms with Gasteiger partial charge < -0.3 is 15.3 Å². The first-order valence-corrected chi connectivity index (χ1v) is 12.4. The number of imide groups is 2. The maximum atomic E-state index is 13.3. The first-order chi connectivity index (χ1) is 16.8. The van der Waals surface area contributed by atoms with Crippen LogP contribution in [0.25, 0.3) is 0 Å². The van der Waals surface area contributed by atoms with Crippen LogP contribution in [0.4, 0.5) is 5.69 Å². The van der Waals surface area contributed by atoms with Crippen LogP contribution in [0, 0.1) is 11.8 Å². The third-order valence-corrected chi connectivity index (χ3v) is 7.81. The smallest absolute Gasteiger partial charge is 0.307 e. The van der Waals surface area contributed by atoms with Crippen molar-refractivity contribution in [1.29, 1.82) is 0 Å². The Bertz CT molecular complexity index is 1080. The summed E-state index contributed by atoms with van der Waals surface area (Å²) in [5, 5.41) is 14.9. The third kappa shape index (κ3) is 4.54. The number of benzene rings is 1. The van der Waals surface area contributed by atoms with Crippen LogP contribution in [0.5, 0.6) is 0 Å². The van der Waals surface area contributed by atoms with Crippen molar-refractivity contribution in [3.05, 3.63) is 29.3 Å². The van der Waals surface area contributed by atoms with Crippen molar-refractivity contribution in [2.75, 3.05) is 25.0 Å². The van der Waals surface area contributed by atoms with Crippen molar-refractivity contribution < 1.29 is 29.1 Å². The number of rotatable bonds is 6. The highest BCUT2D eigenvalue weighted by molar-refractivity contribution is 6.25. The van der Waals surface area contributed by atoms with Crippen LogP contribution >= 0.6 is 0 Å². The van der Waals surface area contributed by atoms with E-state index in [1.54, 1.807) is 18.2 Å². The summed E-state index contributed by atoms with van der Waals surface area (Å²) in [6.45, 7) is 2.39. The van der Waals surface area contributed by atoms with Gasteiger partial charge >= 0.3 is 5.97 Å². The van der Waals surface area contributed by atoms with E-state index < -0.39 is 35.6 Å². The molecule has 3 aliphatic heterocycles. The van der Waals surface area contributed by atoms with Gasteiger partial charge in [0.05, 0.1) is 17.0 Å². The zero-order chi connectivity index (χ0) is 24.7. The number of amides is 4. The molecule has 35 heavy (non-hydrogen) atoms. The fourth-order valence-corrected chi connectivity index (χ4v) is 5.91. The summed E-state index contributed by atoms with van der Waals surface area (Å²) in [6.07, 6.45) is 4.80. The molecule has 0 spiro atoms. The number of aliphatic carboxylic acids is 1. The Morgan fingerprint density at radius 1 is 1.03 bits per heavy atom. The van der Waals surface area contributed by atoms with Gasteiger partial charge in [0.15, 0.2) is 0 Å². The Hall–Kier alpha value is -3.27. The van der Waals surface area contributed by atoms with Gasteiger partial charge in [-0.05, 0) is 63.1 Å². The van der Waals surface area contributed by atoms with Crippen molar-refractivity contribution >= 4 is 35.3 Å². The maximum absolute atomic E-state index is 13.3. The van der Waals surface area contributed by atoms with Crippen LogP contribution < -0.4 is 10.6 Å². The highest BCUT2D eigenvalue weighted by Crippen LogP contribution is 2.35. The lowest BCUT2D eigenvalue weighted by molar-refractivity contribution is -0.141. The first-order valence-electron chi connectivity index (χ1n) is 12.4. The SMILES string of the molecule is O=C1CC[C@@H](N2C(=O)c3cccc(NC4CCC(CN5CCC(C(=O)O)C5)CC4)c3C2=O)C(=O)N1. The molecule has 1 saturated carbocycles. The maximum Gasteiger partial charge on any atom is 0.307 e. The number of carboxylic acids is 1. The van der Waals surface area contributed by atoms with E-state index in [4.69, 9.17) is 0 Å². The van der Waals surface area contributed by atoms with E-state index in [1.807, 2.05) is 0 Å². The molecule has 2 atom stereocenters. The number of hydrogen-bond donors (Lipinski definition) is 3. The molecule has 3 heterocycles. The average molecular weight is 483 g/mol. The normalized spacial score (nSPS) is 29.3. The minimum atomic E-state index is -0.977. The standard InChI is InChI=1S/C25H30N4O6/c30-20-9-8-19(22(31)27-20)29-23(32)17-2-1-3-18(21(17)24(29)33)26-16-6-4-14(5-7-16)12-28-11-10-15(13-28)25(34)35/h1-3,14-16,19,26H,4-13H2,(H,34,35)(H,27,30,31)/t14?,15?,16?,19-/m1/s1. The molecule has 1 unspecified atom stereocenters. The molecule has 0 radical (unpaired) electrons. The van der Waals surface area contributed by atoms with Crippen molar-refractivity contribution in [3.63, 3.8) is 0 Å². The van der Waals surface area contributed by atoms with Gasteiger partial charge in [0.1, 0.15) is 6.04 Å². The van der Waals surface area contributed by atoms with Crippen molar-refractivity contribution in [1.82, 2.24) is 15.1 Å². The molecule has 1 aromatic rings. The summed E-state index contributed by atoms with van der Waals surface area (Å²) in [4.78, 5) is 64.6. The molecular weight excluding hydrogens is 452 g/mol. The summed E-state index contributed by atoms with van der Waals surface area (Å²) in [5.74, 6) is -2.46. The number of piperidine rings is 1. The zero-order valence-electron chi connectivity index (χ0n) is 19.5. The van der Waals surface area contributed by atoms with Gasteiger partial charge in [-0.1, -0.05) is 6.07 Å². The fourth-order valence-electron chi connectivity index (χ4n) is 5.91. The number of nitrogens with zero attached hydrogens (tertiary/aromatic N) is 2. The van der Waals surface area contributed by atoms with E-state index in [0.29, 0.717) is 30.1 Å². The Morgan fingerprint density at radius 2 is 1.80 bits per heavy atom. The zero-order valence-corrected chi connectivity index (χ0v) is 19.5. The Labute approximate surface area is 203 Å². The second-order valence-corrected chi connectivity index (χ2v) is 10.1. The number of carbonyl (C=O) groups is 5. The van der Waals surface area contributed by atoms with Crippen molar-refractivity contribution in [2.24, 2.45) is 11.8 Å². The molecule has 2 saturated heterocycles. The van der Waals surface area contributed by atoms with E-state index in [2.05, 4.69) is 15.5 Å². The van der Waals surface area contributed by atoms with Gasteiger partial charge in [0.25, 0.3) is 11.8 Å². The molecule has 4 amide bonds. The number of carboxylic acid groups (broad SMARTS) is 1. The van der Waals surface area contributed by atoms with Crippen molar-refractivity contribution in [3.8, 4) is 0 Å². The van der Waals surface area contributed by atoms with Crippen LogP contribution in [0.1, 0.15) is 65.7 Å². The van der Waals surface area contributed by atoms with Gasteiger partial charge in [0.2, 0.25) is 11.8 Å². The lowest BCUT2D eigenvalue weighted by atomic mass is 9.85. The summed E-state index contributed by atoms with van der Waals surface area (Å²) >= 11 is 0. The molecule has 5 rings (SSSR count). The highest BCUT2D eigenvalue weighted by atomic mass is 16.4. The molecule has 1 aliphatic carbocycles. The summed E-state index contributed by atoms with van der Waals surface area (Å²) in [6, 6.07) is 4.31. The number of anilines is 1. The number of hydrogen-bond acceptors (Lipinski definition) is 7. The molecular formula is C25H30N4O6. The number of carbonyl (C=O) groups excluding carboxylic acids is 4. The molecule has 3 N–H and O–H groups in total. The van der Waals surface area contributed by atoms with E-state index in [-0.39, 0.29) is 30.4 Å². The average Bonchev–Trinajstić information content (AvgIpc) is 3.39. The molecule has 0 aromatic heterocycles. The van der Waals surface area contributed by atoms with Crippen LogP contribution in [0.3, 0.4) is 0 Å². The third-order valence-electron chi connectivity index (χ3n) is 7.81. The van der Waals surface area contributed by atoms with Crippen LogP contribution in [0.15, 0.2) is 18.2 Å². The number of fused-ring (bicyclic) bond motifs is 1. The van der Waals surface area contributed by atoms with Gasteiger partial charge in [0, 0.05) is 31.2 Å². The molecule has 0 bridgehead atoms. The molecule has 10 heteroatoms. The highest BCUT2D eigenvalue weighted by Gasteiger charge is 2.45. The predicted octanol–water partition coefficient (Wildman–Crippen LogP) is 1.47. The monoisotopic (exact) mass is 482 g/mol. The minimum Gasteiger partial charge on any atom is -0.481 e. The predicted molar refractivity (Wildman–Crippen MR) is 125 cm³/mol. The van der Waals surface area contributed by atoms with Gasteiger partial charge in [-0.3, -0.25) is 34.2 Å². The molecule has 186 valence electrons. The molecule has 10 nitrogen and oxygen atoms in total. The minimum absolute atomic E-state index is 0.0898. The topological polar surface area (TPSA) is 136 Å². The summed E-state index contributed by atoms with van der Waals surface area (Å²) in [5.41, 5.74) is 1.17. The number of likely N-dealkylation sites (tertiary alicyclic amines) is 1. The Morgan fingerprint density at radius 3 is 2.49 bits per heavy atom. The number of nitrogens with one attached hydrogen (secondary N) is 2. The second kappa shape index (κ2) is 9.41. The summed E-state index contributed by atoms with van der Waals surface area (Å²) < 4.78 is 0. The molecule has 1 aromatic carbocycles. The van der Waals surface area contributed by atoms with Crippen molar-refractivity contribution in [2.45, 2.75) is 57.0 Å². The van der Waals surface area contributed by atoms with E-state index >= 15 is 0 Å². The van der Waals surface area contributed by atoms with E-state index in [9.17, 15) is 29.1 Å². The largest absolute Gasteiger partial charge is 0.481 e. The fraction of sp³-hybridized carbons (Fsp3) is 0.560. The van der Waals surface area contributed by atoms with Gasteiger partial charge in [-0.2, -0.15) is 0 Å². The Kier molecular flexibility index (Phi) is 6.31. The molecule has 3 fully saturated rings. The Balaban J connectivity index is 1.21. The van der Waals surface area contributed by atoms with Crippen LogP contribution in [-0.2, 0) is 14.4 Å². The van der Waals surface area contributed by atoms with Gasteiger partial charge in [-0.25, -0.2) is 0 Å². The van der Waals surface area contributed by atoms with E-state index in [1.165, 1.54) is 0 Å². The van der Waals surface area contributed by atoms with Crippen LogP contribution in [-0.4, -0.2) is 76.2 Å².